The lowest BCUT2D eigenvalue weighted by Gasteiger charge is -2.21. The van der Waals surface area contributed by atoms with E-state index >= 15 is 0 Å². The second-order valence-corrected chi connectivity index (χ2v) is 9.79. The van der Waals surface area contributed by atoms with Crippen LogP contribution in [0.5, 0.6) is 0 Å². The molecule has 0 bridgehead atoms. The zero-order valence-corrected chi connectivity index (χ0v) is 19.6. The number of nitrogens with two attached hydrogens (primary N) is 1. The summed E-state index contributed by atoms with van der Waals surface area (Å²) in [5, 5.41) is 20.5. The summed E-state index contributed by atoms with van der Waals surface area (Å²) in [5.74, 6) is -0.410. The van der Waals surface area contributed by atoms with Gasteiger partial charge in [0.2, 0.25) is 10.0 Å². The van der Waals surface area contributed by atoms with Gasteiger partial charge in [0.25, 0.3) is 5.91 Å². The highest BCUT2D eigenvalue weighted by atomic mass is 32.2. The van der Waals surface area contributed by atoms with Crippen molar-refractivity contribution < 1.29 is 13.2 Å². The van der Waals surface area contributed by atoms with E-state index in [-0.39, 0.29) is 16.5 Å². The minimum atomic E-state index is -3.71. The zero-order valence-electron chi connectivity index (χ0n) is 18.8. The lowest BCUT2D eigenvalue weighted by Crippen LogP contribution is -2.30. The van der Waals surface area contributed by atoms with E-state index in [2.05, 4.69) is 28.8 Å². The normalized spacial score (nSPS) is 14.6. The standard InChI is InChI=1S/C25H30N4O3S/c1-2-24(21-10-9-19-5-3-4-6-20(19)15-21)29-25(30)22(16-26)17-28-14-13-18-7-11-23(12-8-18)33(27,31)32/h7-12,15,17,24,28H,2-6,13-14H2,1H3,(H,29,30)(H2,27,31,32)/b22-17-. The lowest BCUT2D eigenvalue weighted by molar-refractivity contribution is -0.117. The van der Waals surface area contributed by atoms with Gasteiger partial charge >= 0.3 is 0 Å². The molecule has 0 saturated heterocycles. The van der Waals surface area contributed by atoms with Crippen LogP contribution >= 0.6 is 0 Å². The van der Waals surface area contributed by atoms with Crippen LogP contribution in [0.15, 0.2) is 59.1 Å². The lowest BCUT2D eigenvalue weighted by atomic mass is 9.88. The van der Waals surface area contributed by atoms with Gasteiger partial charge in [-0.1, -0.05) is 37.3 Å². The molecule has 1 unspecified atom stereocenters. The third-order valence-corrected chi connectivity index (χ3v) is 6.84. The van der Waals surface area contributed by atoms with Crippen LogP contribution in [0.25, 0.3) is 0 Å². The number of nitrogens with zero attached hydrogens (tertiary/aromatic N) is 1. The van der Waals surface area contributed by atoms with Gasteiger partial charge in [-0.05, 0) is 72.9 Å². The van der Waals surface area contributed by atoms with Gasteiger partial charge < -0.3 is 10.6 Å². The zero-order chi connectivity index (χ0) is 23.8. The van der Waals surface area contributed by atoms with Crippen LogP contribution in [0, 0.1) is 11.3 Å². The van der Waals surface area contributed by atoms with Crippen molar-refractivity contribution in [2.24, 2.45) is 5.14 Å². The molecule has 0 aliphatic heterocycles. The van der Waals surface area contributed by atoms with Gasteiger partial charge in [0, 0.05) is 12.7 Å². The van der Waals surface area contributed by atoms with Crippen molar-refractivity contribution in [3.8, 4) is 6.07 Å². The highest BCUT2D eigenvalue weighted by Gasteiger charge is 2.18. The van der Waals surface area contributed by atoms with E-state index in [1.165, 1.54) is 42.3 Å². The van der Waals surface area contributed by atoms with Gasteiger partial charge in [0.1, 0.15) is 11.6 Å². The Hall–Kier alpha value is -3.15. The maximum Gasteiger partial charge on any atom is 0.263 e. The predicted molar refractivity (Wildman–Crippen MR) is 127 cm³/mol. The number of sulfonamides is 1. The van der Waals surface area contributed by atoms with Gasteiger partial charge in [-0.2, -0.15) is 5.26 Å². The Balaban J connectivity index is 1.56. The number of amides is 1. The van der Waals surface area contributed by atoms with Crippen LogP contribution in [0.1, 0.15) is 54.5 Å². The molecular formula is C25H30N4O3S. The number of fused-ring (bicyclic) bond motifs is 1. The summed E-state index contributed by atoms with van der Waals surface area (Å²) in [4.78, 5) is 12.8. The molecule has 1 amide bonds. The Morgan fingerprint density at radius 1 is 1.15 bits per heavy atom. The van der Waals surface area contributed by atoms with Gasteiger partial charge in [0.05, 0.1) is 10.9 Å². The van der Waals surface area contributed by atoms with Crippen LogP contribution in [0.2, 0.25) is 0 Å². The van der Waals surface area contributed by atoms with Gasteiger partial charge in [-0.15, -0.1) is 0 Å². The van der Waals surface area contributed by atoms with E-state index in [1.54, 1.807) is 12.1 Å². The van der Waals surface area contributed by atoms with Crippen LogP contribution < -0.4 is 15.8 Å². The molecule has 0 radical (unpaired) electrons. The van der Waals surface area contributed by atoms with Crippen LogP contribution in [-0.2, 0) is 34.1 Å². The van der Waals surface area contributed by atoms with Crippen molar-refractivity contribution in [2.45, 2.75) is 56.4 Å². The molecule has 1 aliphatic carbocycles. The average molecular weight is 467 g/mol. The molecular weight excluding hydrogens is 436 g/mol. The van der Waals surface area contributed by atoms with Crippen LogP contribution in [0.3, 0.4) is 0 Å². The van der Waals surface area contributed by atoms with E-state index in [0.717, 1.165) is 30.4 Å². The Kier molecular flexibility index (Phi) is 8.26. The Morgan fingerprint density at radius 2 is 1.85 bits per heavy atom. The Labute approximate surface area is 195 Å². The number of carbonyl (C=O) groups is 1. The molecule has 33 heavy (non-hydrogen) atoms. The second-order valence-electron chi connectivity index (χ2n) is 8.23. The summed E-state index contributed by atoms with van der Waals surface area (Å²) < 4.78 is 22.6. The predicted octanol–water partition coefficient (Wildman–Crippen LogP) is 3.02. The molecule has 2 aromatic rings. The highest BCUT2D eigenvalue weighted by Crippen LogP contribution is 2.26. The van der Waals surface area contributed by atoms with Gasteiger partial charge in [-0.3, -0.25) is 4.79 Å². The van der Waals surface area contributed by atoms with Gasteiger partial charge in [0.15, 0.2) is 0 Å². The molecule has 7 nitrogen and oxygen atoms in total. The molecule has 3 rings (SSSR count). The van der Waals surface area contributed by atoms with Gasteiger partial charge in [-0.25, -0.2) is 13.6 Å². The quantitative estimate of drug-likeness (QED) is 0.298. The van der Waals surface area contributed by atoms with Crippen molar-refractivity contribution in [3.05, 3.63) is 76.5 Å². The molecule has 2 aromatic carbocycles. The maximum absolute atomic E-state index is 12.7. The van der Waals surface area contributed by atoms with Crippen LogP contribution in [-0.4, -0.2) is 20.9 Å². The number of primary sulfonamides is 1. The maximum atomic E-state index is 12.7. The number of carbonyl (C=O) groups excluding carboxylic acids is 1. The van der Waals surface area contributed by atoms with Crippen molar-refractivity contribution >= 4 is 15.9 Å². The molecule has 8 heteroatoms. The molecule has 174 valence electrons. The highest BCUT2D eigenvalue weighted by molar-refractivity contribution is 7.89. The molecule has 0 aromatic heterocycles. The van der Waals surface area contributed by atoms with E-state index in [1.807, 2.05) is 13.0 Å². The SMILES string of the molecule is CCC(NC(=O)/C(C#N)=C\NCCc1ccc(S(N)(=O)=O)cc1)c1ccc2c(c1)CCCC2. The van der Waals surface area contributed by atoms with Crippen LogP contribution in [0.4, 0.5) is 0 Å². The summed E-state index contributed by atoms with van der Waals surface area (Å²) >= 11 is 0. The molecule has 1 aliphatic rings. The number of hydrogen-bond donors (Lipinski definition) is 3. The Morgan fingerprint density at radius 3 is 2.48 bits per heavy atom. The minimum Gasteiger partial charge on any atom is -0.389 e. The summed E-state index contributed by atoms with van der Waals surface area (Å²) in [5.41, 5.74) is 4.74. The van der Waals surface area contributed by atoms with Crippen molar-refractivity contribution in [3.63, 3.8) is 0 Å². The number of hydrogen-bond acceptors (Lipinski definition) is 5. The van der Waals surface area contributed by atoms with E-state index < -0.39 is 15.9 Å². The fraction of sp³-hybridized carbons (Fsp3) is 0.360. The van der Waals surface area contributed by atoms with Crippen molar-refractivity contribution in [2.75, 3.05) is 6.54 Å². The summed E-state index contributed by atoms with van der Waals surface area (Å²) in [6.45, 7) is 2.49. The number of aryl methyl sites for hydroxylation is 2. The summed E-state index contributed by atoms with van der Waals surface area (Å²) in [7, 11) is -3.71. The number of nitriles is 1. The van der Waals surface area contributed by atoms with E-state index in [0.29, 0.717) is 13.0 Å². The Bertz CT molecular complexity index is 1170. The molecule has 4 N–H and O–H groups in total. The number of benzene rings is 2. The molecule has 1 atom stereocenters. The van der Waals surface area contributed by atoms with Crippen molar-refractivity contribution in [1.29, 1.82) is 5.26 Å². The number of rotatable bonds is 9. The molecule has 0 spiro atoms. The smallest absolute Gasteiger partial charge is 0.263 e. The monoisotopic (exact) mass is 466 g/mol. The van der Waals surface area contributed by atoms with E-state index in [9.17, 15) is 18.5 Å². The first kappa shape index (κ1) is 24.5. The summed E-state index contributed by atoms with van der Waals surface area (Å²) in [6, 6.07) is 14.5. The fourth-order valence-electron chi connectivity index (χ4n) is 4.01. The molecule has 0 saturated carbocycles. The van der Waals surface area contributed by atoms with E-state index in [4.69, 9.17) is 5.14 Å². The fourth-order valence-corrected chi connectivity index (χ4v) is 4.53. The summed E-state index contributed by atoms with van der Waals surface area (Å²) in [6.07, 6.45) is 7.36. The molecule has 0 fully saturated rings. The first-order valence-corrected chi connectivity index (χ1v) is 12.7. The van der Waals surface area contributed by atoms with Crippen molar-refractivity contribution in [1.82, 2.24) is 10.6 Å². The second kappa shape index (κ2) is 11.1. The average Bonchev–Trinajstić information content (AvgIpc) is 2.82. The first-order chi connectivity index (χ1) is 15.8. The third-order valence-electron chi connectivity index (χ3n) is 5.91. The topological polar surface area (TPSA) is 125 Å². The minimum absolute atomic E-state index is 0.0102. The third kappa shape index (κ3) is 6.67. The first-order valence-electron chi connectivity index (χ1n) is 11.2. The molecule has 0 heterocycles. The largest absolute Gasteiger partial charge is 0.389 e. The number of nitrogens with one attached hydrogen (secondary N) is 2.